The van der Waals surface area contributed by atoms with Gasteiger partial charge in [0.15, 0.2) is 12.2 Å². The number of carbonyl (C=O) groups excluding carboxylic acids is 2. The quantitative estimate of drug-likeness (QED) is 0.305. The summed E-state index contributed by atoms with van der Waals surface area (Å²) in [5.74, 6) is -1.17. The number of azide groups is 1. The van der Waals surface area contributed by atoms with E-state index in [0.29, 0.717) is 17.5 Å². The van der Waals surface area contributed by atoms with Crippen LogP contribution in [0.4, 0.5) is 0 Å². The van der Waals surface area contributed by atoms with Crippen molar-refractivity contribution in [1.29, 1.82) is 0 Å². The molecule has 3 rings (SSSR count). The van der Waals surface area contributed by atoms with E-state index in [1.54, 1.807) is 67.6 Å². The summed E-state index contributed by atoms with van der Waals surface area (Å²) in [4.78, 5) is 28.3. The van der Waals surface area contributed by atoms with Crippen molar-refractivity contribution < 1.29 is 23.8 Å². The first kappa shape index (κ1) is 21.4. The van der Waals surface area contributed by atoms with E-state index in [1.165, 1.54) is 0 Å². The van der Waals surface area contributed by atoms with Gasteiger partial charge in [0.1, 0.15) is 6.04 Å². The highest BCUT2D eigenvalue weighted by Gasteiger charge is 2.48. The molecule has 0 amide bonds. The maximum absolute atomic E-state index is 12.7. The zero-order valence-corrected chi connectivity index (χ0v) is 16.8. The third-order valence-electron chi connectivity index (χ3n) is 4.99. The van der Waals surface area contributed by atoms with Gasteiger partial charge < -0.3 is 14.2 Å². The molecule has 1 fully saturated rings. The highest BCUT2D eigenvalue weighted by molar-refractivity contribution is 5.90. The normalized spacial score (nSPS) is 25.6. The van der Waals surface area contributed by atoms with Crippen LogP contribution in [-0.4, -0.2) is 42.4 Å². The van der Waals surface area contributed by atoms with Crippen molar-refractivity contribution in [2.75, 3.05) is 0 Å². The molecule has 0 spiro atoms. The molecule has 2 aromatic rings. The second kappa shape index (κ2) is 9.91. The minimum absolute atomic E-state index is 0.345. The third-order valence-corrected chi connectivity index (χ3v) is 4.99. The Bertz CT molecular complexity index is 915. The van der Waals surface area contributed by atoms with E-state index in [-0.39, 0.29) is 0 Å². The zero-order chi connectivity index (χ0) is 21.5. The fourth-order valence-electron chi connectivity index (χ4n) is 3.47. The second-order valence-electron chi connectivity index (χ2n) is 6.96. The molecule has 1 aliphatic heterocycles. The fourth-order valence-corrected chi connectivity index (χ4v) is 3.47. The topological polar surface area (TPSA) is 111 Å². The smallest absolute Gasteiger partial charge is 0.338 e. The van der Waals surface area contributed by atoms with Crippen LogP contribution in [0.2, 0.25) is 0 Å². The summed E-state index contributed by atoms with van der Waals surface area (Å²) in [5.41, 5.74) is 9.73. The average molecular weight is 409 g/mol. The highest BCUT2D eigenvalue weighted by atomic mass is 16.6. The molecule has 0 aliphatic carbocycles. The van der Waals surface area contributed by atoms with E-state index in [2.05, 4.69) is 10.0 Å². The van der Waals surface area contributed by atoms with E-state index < -0.39 is 42.4 Å². The molecule has 0 N–H and O–H groups in total. The van der Waals surface area contributed by atoms with E-state index in [1.807, 2.05) is 6.92 Å². The van der Waals surface area contributed by atoms with Gasteiger partial charge in [0.25, 0.3) is 0 Å². The molecule has 1 aliphatic rings. The molecule has 1 saturated heterocycles. The Kier molecular flexibility index (Phi) is 7.06. The first-order valence-corrected chi connectivity index (χ1v) is 9.76. The van der Waals surface area contributed by atoms with Gasteiger partial charge in [0, 0.05) is 4.91 Å². The van der Waals surface area contributed by atoms with Crippen molar-refractivity contribution >= 4 is 11.9 Å². The Morgan fingerprint density at radius 3 is 1.93 bits per heavy atom. The Balaban J connectivity index is 1.92. The van der Waals surface area contributed by atoms with Gasteiger partial charge in [-0.3, -0.25) is 0 Å². The van der Waals surface area contributed by atoms with Gasteiger partial charge in [0.2, 0.25) is 0 Å². The monoisotopic (exact) mass is 409 g/mol. The maximum atomic E-state index is 12.7. The number of rotatable bonds is 6. The average Bonchev–Trinajstić information content (AvgIpc) is 2.78. The number of nitrogens with zero attached hydrogens (tertiary/aromatic N) is 3. The first-order valence-electron chi connectivity index (χ1n) is 9.76. The van der Waals surface area contributed by atoms with Gasteiger partial charge >= 0.3 is 11.9 Å². The lowest BCUT2D eigenvalue weighted by Crippen LogP contribution is -2.58. The van der Waals surface area contributed by atoms with Crippen molar-refractivity contribution in [3.05, 3.63) is 82.2 Å². The molecule has 8 heteroatoms. The van der Waals surface area contributed by atoms with Crippen molar-refractivity contribution in [3.8, 4) is 0 Å². The zero-order valence-electron chi connectivity index (χ0n) is 16.8. The van der Waals surface area contributed by atoms with Gasteiger partial charge in [-0.1, -0.05) is 48.4 Å². The molecule has 2 aromatic carbocycles. The van der Waals surface area contributed by atoms with Crippen molar-refractivity contribution in [2.24, 2.45) is 5.11 Å². The number of esters is 2. The van der Waals surface area contributed by atoms with Gasteiger partial charge in [-0.2, -0.15) is 0 Å². The van der Waals surface area contributed by atoms with Crippen LogP contribution >= 0.6 is 0 Å². The Hall–Kier alpha value is -3.35. The summed E-state index contributed by atoms with van der Waals surface area (Å²) >= 11 is 0. The van der Waals surface area contributed by atoms with Crippen LogP contribution in [-0.2, 0) is 14.2 Å². The van der Waals surface area contributed by atoms with Gasteiger partial charge in [0.05, 0.1) is 23.3 Å². The number of ether oxygens (including phenoxy) is 3. The lowest BCUT2D eigenvalue weighted by Gasteiger charge is -2.43. The molecule has 30 heavy (non-hydrogen) atoms. The Morgan fingerprint density at radius 2 is 1.47 bits per heavy atom. The van der Waals surface area contributed by atoms with Crippen molar-refractivity contribution in [2.45, 2.75) is 50.7 Å². The predicted octanol–water partition coefficient (Wildman–Crippen LogP) is 4.31. The molecule has 0 aromatic heterocycles. The number of hydrogen-bond acceptors (Lipinski definition) is 6. The molecule has 5 atom stereocenters. The summed E-state index contributed by atoms with van der Waals surface area (Å²) < 4.78 is 17.4. The second-order valence-corrected chi connectivity index (χ2v) is 6.96. The summed E-state index contributed by atoms with van der Waals surface area (Å²) in [5, 5.41) is 3.78. The van der Waals surface area contributed by atoms with E-state index >= 15 is 0 Å². The number of carbonyl (C=O) groups is 2. The van der Waals surface area contributed by atoms with Crippen LogP contribution in [0.25, 0.3) is 10.4 Å². The summed E-state index contributed by atoms with van der Waals surface area (Å²) in [6.07, 6.45) is -2.45. The Labute approximate surface area is 174 Å². The van der Waals surface area contributed by atoms with Crippen LogP contribution in [0.3, 0.4) is 0 Å². The molecule has 156 valence electrons. The molecule has 8 nitrogen and oxygen atoms in total. The molecule has 0 radical (unpaired) electrons. The molecule has 1 unspecified atom stereocenters. The van der Waals surface area contributed by atoms with E-state index in [0.717, 1.165) is 0 Å². The fraction of sp³-hybridized carbons (Fsp3) is 0.364. The summed E-state index contributed by atoms with van der Waals surface area (Å²) in [6, 6.07) is 16.1. The van der Waals surface area contributed by atoms with Gasteiger partial charge in [-0.25, -0.2) is 9.59 Å². The molecule has 1 heterocycles. The predicted molar refractivity (Wildman–Crippen MR) is 109 cm³/mol. The van der Waals surface area contributed by atoms with Crippen LogP contribution in [0.1, 0.15) is 41.0 Å². The van der Waals surface area contributed by atoms with Crippen LogP contribution in [0.5, 0.6) is 0 Å². The van der Waals surface area contributed by atoms with Crippen LogP contribution in [0, 0.1) is 0 Å². The van der Waals surface area contributed by atoms with Gasteiger partial charge in [-0.05, 0) is 43.1 Å². The summed E-state index contributed by atoms with van der Waals surface area (Å²) in [6.45, 7) is 3.62. The van der Waals surface area contributed by atoms with E-state index in [4.69, 9.17) is 19.7 Å². The standard InChI is InChI=1S/C22H23N3O5/c1-3-17-19(29-21(26)15-10-6-4-7-11-15)20(18(24-25-23)14(2)28-17)30-22(27)16-12-8-5-9-13-16/h4-14,17-20H,3H2,1-2H3/t14-,17?,18-,19-,20+/m1/s1. The minimum Gasteiger partial charge on any atom is -0.454 e. The molecular weight excluding hydrogens is 386 g/mol. The Morgan fingerprint density at radius 1 is 0.967 bits per heavy atom. The minimum atomic E-state index is -0.991. The SMILES string of the molecule is CCC1O[C@H](C)[C@@H](N=[N+]=[N-])[C@H](OC(=O)c2ccccc2)[C@@H]1OC(=O)c1ccccc1. The summed E-state index contributed by atoms with van der Waals surface area (Å²) in [7, 11) is 0. The van der Waals surface area contributed by atoms with Crippen LogP contribution < -0.4 is 0 Å². The lowest BCUT2D eigenvalue weighted by molar-refractivity contribution is -0.176. The number of benzene rings is 2. The number of hydrogen-bond donors (Lipinski definition) is 0. The third kappa shape index (κ3) is 4.79. The first-order chi connectivity index (χ1) is 14.5. The van der Waals surface area contributed by atoms with Gasteiger partial charge in [-0.15, -0.1) is 0 Å². The van der Waals surface area contributed by atoms with Crippen molar-refractivity contribution in [1.82, 2.24) is 0 Å². The molecule has 0 bridgehead atoms. The molecular formula is C22H23N3O5. The maximum Gasteiger partial charge on any atom is 0.338 e. The lowest BCUT2D eigenvalue weighted by atomic mass is 9.92. The highest BCUT2D eigenvalue weighted by Crippen LogP contribution is 2.31. The van der Waals surface area contributed by atoms with E-state index in [9.17, 15) is 9.59 Å². The molecule has 0 saturated carbocycles. The largest absolute Gasteiger partial charge is 0.454 e. The van der Waals surface area contributed by atoms with Crippen molar-refractivity contribution in [3.63, 3.8) is 0 Å². The van der Waals surface area contributed by atoms with Crippen LogP contribution in [0.15, 0.2) is 65.8 Å².